The second-order valence-electron chi connectivity index (χ2n) is 2.83. The fourth-order valence-electron chi connectivity index (χ4n) is 1.09. The van der Waals surface area contributed by atoms with Gasteiger partial charge in [-0.15, -0.1) is 6.42 Å². The van der Waals surface area contributed by atoms with Gasteiger partial charge in [-0.1, -0.05) is 12.1 Å². The average molecular weight is 188 g/mol. The molecule has 1 amide bonds. The highest BCUT2D eigenvalue weighted by atomic mass is 16.1. The molecule has 0 aromatic heterocycles. The van der Waals surface area contributed by atoms with Crippen molar-refractivity contribution < 1.29 is 4.79 Å². The van der Waals surface area contributed by atoms with Crippen LogP contribution in [0.25, 0.3) is 0 Å². The number of carbonyl (C=O) groups excluding carboxylic acids is 1. The summed E-state index contributed by atoms with van der Waals surface area (Å²) in [4.78, 5) is 10.8. The molecule has 3 nitrogen and oxygen atoms in total. The summed E-state index contributed by atoms with van der Waals surface area (Å²) in [6, 6.07) is 7.44. The predicted molar refractivity (Wildman–Crippen MR) is 56.7 cm³/mol. The van der Waals surface area contributed by atoms with E-state index < -0.39 is 5.91 Å². The van der Waals surface area contributed by atoms with Crippen LogP contribution >= 0.6 is 0 Å². The van der Waals surface area contributed by atoms with Crippen molar-refractivity contribution in [3.8, 4) is 12.3 Å². The largest absolute Gasteiger partial charge is 0.330 e. The monoisotopic (exact) mass is 188 g/mol. The van der Waals surface area contributed by atoms with E-state index in [-0.39, 0.29) is 0 Å². The summed E-state index contributed by atoms with van der Waals surface area (Å²) in [5.41, 5.74) is 7.25. The molecule has 0 saturated carbocycles. The first-order valence-electron chi connectivity index (χ1n) is 4.33. The first-order chi connectivity index (χ1) is 6.76. The standard InChI is InChI=1S/C11H12N2O/c1-2-11(14)13-10-5-3-9(4-6-10)7-8-12/h1,3-6H,7-8,12H2,(H,13,14). The molecule has 0 spiro atoms. The van der Waals surface area contributed by atoms with Gasteiger partial charge < -0.3 is 11.1 Å². The molecule has 14 heavy (non-hydrogen) atoms. The molecule has 0 radical (unpaired) electrons. The molecule has 1 aromatic carbocycles. The van der Waals surface area contributed by atoms with E-state index in [9.17, 15) is 4.79 Å². The van der Waals surface area contributed by atoms with Gasteiger partial charge in [0, 0.05) is 5.69 Å². The number of rotatable bonds is 3. The summed E-state index contributed by atoms with van der Waals surface area (Å²) in [7, 11) is 0. The van der Waals surface area contributed by atoms with Gasteiger partial charge >= 0.3 is 0 Å². The molecule has 0 aliphatic carbocycles. The van der Waals surface area contributed by atoms with E-state index in [4.69, 9.17) is 12.2 Å². The van der Waals surface area contributed by atoms with Gasteiger partial charge in [0.2, 0.25) is 0 Å². The van der Waals surface area contributed by atoms with Gasteiger partial charge in [0.25, 0.3) is 5.91 Å². The lowest BCUT2D eigenvalue weighted by Crippen LogP contribution is -2.08. The number of nitrogens with one attached hydrogen (secondary N) is 1. The SMILES string of the molecule is C#CC(=O)Nc1ccc(CCN)cc1. The Morgan fingerprint density at radius 3 is 2.57 bits per heavy atom. The molecule has 72 valence electrons. The normalized spacial score (nSPS) is 9.14. The molecule has 0 fully saturated rings. The van der Waals surface area contributed by atoms with Gasteiger partial charge in [0.1, 0.15) is 0 Å². The summed E-state index contributed by atoms with van der Waals surface area (Å²) in [5, 5.41) is 2.55. The molecule has 0 aliphatic rings. The van der Waals surface area contributed by atoms with Crippen LogP contribution in [0.1, 0.15) is 5.56 Å². The van der Waals surface area contributed by atoms with Gasteiger partial charge in [-0.2, -0.15) is 0 Å². The van der Waals surface area contributed by atoms with Crippen LogP contribution in [0.5, 0.6) is 0 Å². The van der Waals surface area contributed by atoms with Crippen LogP contribution in [-0.4, -0.2) is 12.5 Å². The van der Waals surface area contributed by atoms with E-state index in [2.05, 4.69) is 5.32 Å². The van der Waals surface area contributed by atoms with Crippen LogP contribution in [0.3, 0.4) is 0 Å². The Hall–Kier alpha value is -1.79. The second-order valence-corrected chi connectivity index (χ2v) is 2.83. The molecule has 1 aromatic rings. The predicted octanol–water partition coefficient (Wildman–Crippen LogP) is 0.760. The number of carbonyl (C=O) groups is 1. The van der Waals surface area contributed by atoms with Crippen molar-refractivity contribution in [2.75, 3.05) is 11.9 Å². The third kappa shape index (κ3) is 2.92. The molecule has 0 aliphatic heterocycles. The summed E-state index contributed by atoms with van der Waals surface area (Å²) in [5.74, 6) is 1.55. The maximum atomic E-state index is 10.8. The summed E-state index contributed by atoms with van der Waals surface area (Å²) >= 11 is 0. The Morgan fingerprint density at radius 1 is 1.43 bits per heavy atom. The van der Waals surface area contributed by atoms with Gasteiger partial charge in [-0.25, -0.2) is 0 Å². The van der Waals surface area contributed by atoms with Crippen molar-refractivity contribution in [1.29, 1.82) is 0 Å². The fourth-order valence-corrected chi connectivity index (χ4v) is 1.09. The molecule has 0 bridgehead atoms. The van der Waals surface area contributed by atoms with Gasteiger partial charge in [-0.05, 0) is 36.6 Å². The molecule has 3 N–H and O–H groups in total. The minimum absolute atomic E-state index is 0.434. The summed E-state index contributed by atoms with van der Waals surface area (Å²) in [6.45, 7) is 0.621. The first-order valence-corrected chi connectivity index (χ1v) is 4.33. The minimum Gasteiger partial charge on any atom is -0.330 e. The highest BCUT2D eigenvalue weighted by molar-refractivity contribution is 6.03. The zero-order chi connectivity index (χ0) is 10.4. The fraction of sp³-hybridized carbons (Fsp3) is 0.182. The minimum atomic E-state index is -0.434. The van der Waals surface area contributed by atoms with Crippen LogP contribution in [0.4, 0.5) is 5.69 Å². The summed E-state index contributed by atoms with van der Waals surface area (Å²) < 4.78 is 0. The number of terminal acetylenes is 1. The van der Waals surface area contributed by atoms with Crippen LogP contribution in [0.15, 0.2) is 24.3 Å². The highest BCUT2D eigenvalue weighted by Crippen LogP contribution is 2.09. The van der Waals surface area contributed by atoms with E-state index >= 15 is 0 Å². The summed E-state index contributed by atoms with van der Waals surface area (Å²) in [6.07, 6.45) is 5.76. The number of amides is 1. The molecule has 0 atom stereocenters. The van der Waals surface area contributed by atoms with E-state index in [0.717, 1.165) is 12.0 Å². The maximum absolute atomic E-state index is 10.8. The Bertz CT molecular complexity index is 349. The number of benzene rings is 1. The highest BCUT2D eigenvalue weighted by Gasteiger charge is 1.97. The second kappa shape index (κ2) is 5.05. The zero-order valence-corrected chi connectivity index (χ0v) is 7.79. The van der Waals surface area contributed by atoms with Crippen molar-refractivity contribution in [3.05, 3.63) is 29.8 Å². The average Bonchev–Trinajstić information content (AvgIpc) is 2.21. The lowest BCUT2D eigenvalue weighted by molar-refractivity contribution is -0.111. The zero-order valence-electron chi connectivity index (χ0n) is 7.79. The Balaban J connectivity index is 2.65. The molecule has 0 unspecified atom stereocenters. The van der Waals surface area contributed by atoms with Gasteiger partial charge in [0.15, 0.2) is 0 Å². The van der Waals surface area contributed by atoms with Gasteiger partial charge in [0.05, 0.1) is 0 Å². The maximum Gasteiger partial charge on any atom is 0.300 e. The van der Waals surface area contributed by atoms with Crippen molar-refractivity contribution in [2.24, 2.45) is 5.73 Å². The van der Waals surface area contributed by atoms with Crippen LogP contribution in [0.2, 0.25) is 0 Å². The first kappa shape index (κ1) is 10.3. The van der Waals surface area contributed by atoms with Crippen molar-refractivity contribution in [3.63, 3.8) is 0 Å². The van der Waals surface area contributed by atoms with Crippen LogP contribution < -0.4 is 11.1 Å². The van der Waals surface area contributed by atoms with Crippen molar-refractivity contribution >= 4 is 11.6 Å². The number of anilines is 1. The molecule has 3 heteroatoms. The van der Waals surface area contributed by atoms with E-state index in [0.29, 0.717) is 12.2 Å². The third-order valence-corrected chi connectivity index (χ3v) is 1.78. The Morgan fingerprint density at radius 2 is 2.07 bits per heavy atom. The van der Waals surface area contributed by atoms with E-state index in [1.807, 2.05) is 18.1 Å². The number of hydrogen-bond acceptors (Lipinski definition) is 2. The third-order valence-electron chi connectivity index (χ3n) is 1.78. The molecular weight excluding hydrogens is 176 g/mol. The quantitative estimate of drug-likeness (QED) is 0.688. The van der Waals surface area contributed by atoms with Crippen LogP contribution in [-0.2, 0) is 11.2 Å². The number of hydrogen-bond donors (Lipinski definition) is 2. The van der Waals surface area contributed by atoms with Crippen molar-refractivity contribution in [2.45, 2.75) is 6.42 Å². The van der Waals surface area contributed by atoms with E-state index in [1.165, 1.54) is 0 Å². The van der Waals surface area contributed by atoms with E-state index in [1.54, 1.807) is 12.1 Å². The lowest BCUT2D eigenvalue weighted by atomic mass is 10.1. The Kier molecular flexibility index (Phi) is 3.71. The Labute approximate surface area is 83.3 Å². The topological polar surface area (TPSA) is 55.1 Å². The van der Waals surface area contributed by atoms with Gasteiger partial charge in [-0.3, -0.25) is 4.79 Å². The molecular formula is C11H12N2O. The molecule has 1 rings (SSSR count). The van der Waals surface area contributed by atoms with Crippen molar-refractivity contribution in [1.82, 2.24) is 0 Å². The van der Waals surface area contributed by atoms with Crippen LogP contribution in [0, 0.1) is 12.3 Å². The smallest absolute Gasteiger partial charge is 0.300 e. The molecule has 0 heterocycles. The molecule has 0 saturated heterocycles. The lowest BCUT2D eigenvalue weighted by Gasteiger charge is -2.02. The number of nitrogens with two attached hydrogens (primary N) is 1.